The van der Waals surface area contributed by atoms with Gasteiger partial charge in [0.2, 0.25) is 0 Å². The molecule has 0 radical (unpaired) electrons. The smallest absolute Gasteiger partial charge is 0.303 e. The van der Waals surface area contributed by atoms with Crippen LogP contribution in [0.4, 0.5) is 15.8 Å². The lowest BCUT2D eigenvalue weighted by Gasteiger charge is -2.50. The quantitative estimate of drug-likeness (QED) is 0.735. The van der Waals surface area contributed by atoms with Crippen LogP contribution in [0.5, 0.6) is 0 Å². The van der Waals surface area contributed by atoms with Crippen LogP contribution in [-0.4, -0.2) is 17.4 Å². The van der Waals surface area contributed by atoms with Crippen LogP contribution in [0.25, 0.3) is 0 Å². The molecule has 1 aliphatic carbocycles. The van der Waals surface area contributed by atoms with E-state index in [1.54, 1.807) is 6.92 Å². The average molecular weight is 272 g/mol. The van der Waals surface area contributed by atoms with Crippen molar-refractivity contribution in [3.8, 4) is 11.8 Å². The molecule has 0 atom stereocenters. The van der Waals surface area contributed by atoms with Crippen molar-refractivity contribution in [2.75, 3.05) is 10.2 Å². The molecule has 1 aromatic rings. The monoisotopic (exact) mass is 272 g/mol. The number of halogens is 1. The second-order valence-electron chi connectivity index (χ2n) is 5.02. The van der Waals surface area contributed by atoms with Crippen LogP contribution in [0, 0.1) is 17.7 Å². The highest BCUT2D eigenvalue weighted by Gasteiger charge is 2.54. The number of nitrogens with zero attached hydrogens (tertiary/aromatic N) is 1. The number of hydrogen-bond donors (Lipinski definition) is 1. The van der Waals surface area contributed by atoms with Crippen molar-refractivity contribution in [1.29, 1.82) is 0 Å². The number of fused-ring (bicyclic) bond motifs is 1. The van der Waals surface area contributed by atoms with Crippen LogP contribution in [0.3, 0.4) is 0 Å². The van der Waals surface area contributed by atoms with E-state index in [0.717, 1.165) is 6.42 Å². The number of benzene rings is 1. The lowest BCUT2D eigenvalue weighted by Crippen LogP contribution is -2.65. The molecule has 20 heavy (non-hydrogen) atoms. The maximum Gasteiger partial charge on any atom is 0.303 e. The molecule has 4 nitrogen and oxygen atoms in total. The first kappa shape index (κ1) is 12.7. The Morgan fingerprint density at radius 2 is 2.20 bits per heavy atom. The van der Waals surface area contributed by atoms with Gasteiger partial charge in [-0.3, -0.25) is 14.5 Å². The second kappa shape index (κ2) is 4.34. The molecule has 1 spiro atoms. The Labute approximate surface area is 116 Å². The van der Waals surface area contributed by atoms with Crippen LogP contribution in [0.2, 0.25) is 0 Å². The number of carbonyl (C=O) groups excluding carboxylic acids is 2. The van der Waals surface area contributed by atoms with Gasteiger partial charge in [-0.1, -0.05) is 5.92 Å². The molecule has 0 saturated heterocycles. The predicted molar refractivity (Wildman–Crippen MR) is 72.5 cm³/mol. The summed E-state index contributed by atoms with van der Waals surface area (Å²) >= 11 is 0. The minimum absolute atomic E-state index is 0.256. The van der Waals surface area contributed by atoms with E-state index in [4.69, 9.17) is 0 Å². The van der Waals surface area contributed by atoms with Gasteiger partial charge in [-0.25, -0.2) is 4.39 Å². The maximum atomic E-state index is 13.3. The Balaban J connectivity index is 2.17. The summed E-state index contributed by atoms with van der Waals surface area (Å²) in [5.74, 6) is 3.91. The Bertz CT molecular complexity index is 668. The summed E-state index contributed by atoms with van der Waals surface area (Å²) in [6.45, 7) is 1.57. The van der Waals surface area contributed by atoms with Gasteiger partial charge in [0.05, 0.1) is 11.4 Å². The van der Waals surface area contributed by atoms with Crippen molar-refractivity contribution in [3.63, 3.8) is 0 Å². The summed E-state index contributed by atoms with van der Waals surface area (Å²) < 4.78 is 13.3. The molecule has 3 rings (SSSR count). The zero-order valence-corrected chi connectivity index (χ0v) is 11.0. The largest absolute Gasteiger partial charge is 0.322 e. The molecule has 1 fully saturated rings. The van der Waals surface area contributed by atoms with E-state index in [-0.39, 0.29) is 5.91 Å². The Kier molecular flexibility index (Phi) is 2.75. The van der Waals surface area contributed by atoms with E-state index in [1.807, 2.05) is 0 Å². The Morgan fingerprint density at radius 1 is 1.45 bits per heavy atom. The lowest BCUT2D eigenvalue weighted by molar-refractivity contribution is -0.128. The standard InChI is InChI=1S/C15H13FN2O2/c1-2-4-13(19)18-12-6-5-10(16)9-11(12)17-14(20)15(18)7-3-8-15/h5-6,9H,3,7-8H2,1H3,(H,17,20). The van der Waals surface area contributed by atoms with Crippen molar-refractivity contribution < 1.29 is 14.0 Å². The molecule has 2 amide bonds. The maximum absolute atomic E-state index is 13.3. The molecule has 0 unspecified atom stereocenters. The summed E-state index contributed by atoms with van der Waals surface area (Å²) in [5.41, 5.74) is -0.0246. The lowest BCUT2D eigenvalue weighted by atomic mass is 9.73. The second-order valence-corrected chi connectivity index (χ2v) is 5.02. The number of rotatable bonds is 0. The van der Waals surface area contributed by atoms with Crippen molar-refractivity contribution in [3.05, 3.63) is 24.0 Å². The van der Waals surface area contributed by atoms with Crippen LogP contribution in [0.1, 0.15) is 26.2 Å². The molecule has 102 valence electrons. The first-order valence-corrected chi connectivity index (χ1v) is 6.46. The third-order valence-electron chi connectivity index (χ3n) is 3.91. The fourth-order valence-corrected chi connectivity index (χ4v) is 2.80. The summed E-state index contributed by atoms with van der Waals surface area (Å²) in [6, 6.07) is 4.01. The SMILES string of the molecule is CC#CC(=O)N1c2ccc(F)cc2NC(=O)C12CCC2. The molecular formula is C15H13FN2O2. The Hall–Kier alpha value is -2.35. The molecule has 2 aliphatic rings. The summed E-state index contributed by atoms with van der Waals surface area (Å²) in [7, 11) is 0. The number of amides is 2. The van der Waals surface area contributed by atoms with Crippen molar-refractivity contribution >= 4 is 23.2 Å². The van der Waals surface area contributed by atoms with Crippen LogP contribution in [0.15, 0.2) is 18.2 Å². The van der Waals surface area contributed by atoms with Crippen LogP contribution < -0.4 is 10.2 Å². The van der Waals surface area contributed by atoms with E-state index in [2.05, 4.69) is 17.2 Å². The fourth-order valence-electron chi connectivity index (χ4n) is 2.80. The van der Waals surface area contributed by atoms with Gasteiger partial charge in [0.15, 0.2) is 0 Å². The number of hydrogen-bond acceptors (Lipinski definition) is 2. The number of anilines is 2. The normalized spacial score (nSPS) is 18.5. The molecular weight excluding hydrogens is 259 g/mol. The van der Waals surface area contributed by atoms with Gasteiger partial charge in [-0.15, -0.1) is 0 Å². The highest BCUT2D eigenvalue weighted by atomic mass is 19.1. The van der Waals surface area contributed by atoms with Gasteiger partial charge >= 0.3 is 5.91 Å². The first-order chi connectivity index (χ1) is 9.58. The fraction of sp³-hybridized carbons (Fsp3) is 0.333. The Morgan fingerprint density at radius 3 is 2.80 bits per heavy atom. The zero-order chi connectivity index (χ0) is 14.3. The van der Waals surface area contributed by atoms with Crippen LogP contribution >= 0.6 is 0 Å². The number of nitrogens with one attached hydrogen (secondary N) is 1. The van der Waals surface area contributed by atoms with Gasteiger partial charge < -0.3 is 5.32 Å². The third-order valence-corrected chi connectivity index (χ3v) is 3.91. The molecule has 1 N–H and O–H groups in total. The zero-order valence-electron chi connectivity index (χ0n) is 11.0. The molecule has 5 heteroatoms. The first-order valence-electron chi connectivity index (χ1n) is 6.46. The molecule has 1 aliphatic heterocycles. The van der Waals surface area contributed by atoms with Gasteiger partial charge in [0.1, 0.15) is 11.4 Å². The molecule has 1 saturated carbocycles. The van der Waals surface area contributed by atoms with Gasteiger partial charge in [0.25, 0.3) is 5.91 Å². The topological polar surface area (TPSA) is 49.4 Å². The molecule has 0 aromatic heterocycles. The van der Waals surface area contributed by atoms with Crippen LogP contribution in [-0.2, 0) is 9.59 Å². The van der Waals surface area contributed by atoms with Gasteiger partial charge in [-0.05, 0) is 50.3 Å². The highest BCUT2D eigenvalue weighted by molar-refractivity contribution is 6.19. The molecule has 1 heterocycles. The van der Waals surface area contributed by atoms with E-state index in [9.17, 15) is 14.0 Å². The van der Waals surface area contributed by atoms with Crippen molar-refractivity contribution in [2.45, 2.75) is 31.7 Å². The summed E-state index contributed by atoms with van der Waals surface area (Å²) in [5, 5.41) is 2.70. The minimum atomic E-state index is -0.855. The molecule has 0 bridgehead atoms. The van der Waals surface area contributed by atoms with E-state index >= 15 is 0 Å². The van der Waals surface area contributed by atoms with Gasteiger partial charge in [0, 0.05) is 0 Å². The highest BCUT2D eigenvalue weighted by Crippen LogP contribution is 2.47. The number of carbonyl (C=O) groups is 2. The van der Waals surface area contributed by atoms with Crippen molar-refractivity contribution in [2.24, 2.45) is 0 Å². The van der Waals surface area contributed by atoms with Gasteiger partial charge in [-0.2, -0.15) is 0 Å². The summed E-state index contributed by atoms with van der Waals surface area (Å²) in [4.78, 5) is 26.0. The third kappa shape index (κ3) is 1.61. The molecule has 1 aromatic carbocycles. The average Bonchev–Trinajstić information content (AvgIpc) is 2.35. The summed E-state index contributed by atoms with van der Waals surface area (Å²) in [6.07, 6.45) is 2.09. The predicted octanol–water partition coefficient (Wildman–Crippen LogP) is 2.06. The van der Waals surface area contributed by atoms with Crippen molar-refractivity contribution in [1.82, 2.24) is 0 Å². The van der Waals surface area contributed by atoms with E-state index in [1.165, 1.54) is 23.1 Å². The van der Waals surface area contributed by atoms with E-state index < -0.39 is 17.3 Å². The van der Waals surface area contributed by atoms with E-state index in [0.29, 0.717) is 24.2 Å². The minimum Gasteiger partial charge on any atom is -0.322 e.